The van der Waals surface area contributed by atoms with Crippen LogP contribution < -0.4 is 0 Å². The molecule has 9 atom stereocenters. The number of carboxylic acids is 1. The molecule has 4 fully saturated rings. The van der Waals surface area contributed by atoms with Crippen molar-refractivity contribution in [3.8, 4) is 0 Å². The Balaban J connectivity index is 1.62. The number of rotatable bonds is 1. The van der Waals surface area contributed by atoms with Gasteiger partial charge in [-0.25, -0.2) is 0 Å². The van der Waals surface area contributed by atoms with Gasteiger partial charge in [-0.3, -0.25) is 9.59 Å². The Morgan fingerprint density at radius 2 is 1.59 bits per heavy atom. The Bertz CT molecular complexity index is 968. The fourth-order valence-electron chi connectivity index (χ4n) is 10.3. The lowest BCUT2D eigenvalue weighted by molar-refractivity contribution is -0.184. The van der Waals surface area contributed by atoms with E-state index in [4.69, 9.17) is 0 Å². The average molecular weight is 581 g/mol. The van der Waals surface area contributed by atoms with Gasteiger partial charge in [0.15, 0.2) is 5.78 Å². The largest absolute Gasteiger partial charge is 0.481 e. The van der Waals surface area contributed by atoms with Crippen LogP contribution in [-0.2, 0) is 9.59 Å². The molecule has 5 rings (SSSR count). The zero-order chi connectivity index (χ0) is 25.1. The molecule has 0 aliphatic heterocycles. The molecule has 5 aliphatic carbocycles. The van der Waals surface area contributed by atoms with Crippen LogP contribution in [0.1, 0.15) is 106 Å². The van der Waals surface area contributed by atoms with Gasteiger partial charge in [-0.2, -0.15) is 0 Å². The number of carboxylic acid groups (broad SMARTS) is 1. The van der Waals surface area contributed by atoms with E-state index in [-0.39, 0.29) is 38.9 Å². The highest BCUT2D eigenvalue weighted by atomic mass is 127. The van der Waals surface area contributed by atoms with Gasteiger partial charge in [0.1, 0.15) is 0 Å². The molecule has 0 aromatic rings. The number of fused-ring (bicyclic) bond motifs is 7. The predicted octanol–water partition coefficient (Wildman–Crippen LogP) is 7.86. The highest BCUT2D eigenvalue weighted by Crippen LogP contribution is 2.75. The Hall–Kier alpha value is -0.390. The quantitative estimate of drug-likeness (QED) is 0.254. The molecule has 4 saturated carbocycles. The maximum atomic E-state index is 14.3. The minimum Gasteiger partial charge on any atom is -0.481 e. The number of aliphatic carboxylic acids is 1. The maximum absolute atomic E-state index is 14.3. The van der Waals surface area contributed by atoms with E-state index in [1.54, 1.807) is 0 Å². The maximum Gasteiger partial charge on any atom is 0.309 e. The number of hydrogen-bond donors (Lipinski definition) is 1. The molecule has 1 N–H and O–H groups in total. The Labute approximate surface area is 220 Å². The van der Waals surface area contributed by atoms with Crippen molar-refractivity contribution in [1.82, 2.24) is 0 Å². The molecule has 190 valence electrons. The van der Waals surface area contributed by atoms with E-state index in [0.29, 0.717) is 22.0 Å². The molecule has 34 heavy (non-hydrogen) atoms. The molecule has 0 radical (unpaired) electrons. The monoisotopic (exact) mass is 580 g/mol. The minimum absolute atomic E-state index is 0.0220. The average Bonchev–Trinajstić information content (AvgIpc) is 2.73. The summed E-state index contributed by atoms with van der Waals surface area (Å²) in [6.45, 7) is 16.6. The molecule has 0 aromatic carbocycles. The third-order valence-corrected chi connectivity index (χ3v) is 15.2. The first-order chi connectivity index (χ1) is 15.6. The van der Waals surface area contributed by atoms with Crippen molar-refractivity contribution in [2.75, 3.05) is 0 Å². The first-order valence-electron chi connectivity index (χ1n) is 13.7. The molecule has 2 unspecified atom stereocenters. The number of hydrogen-bond acceptors (Lipinski definition) is 2. The van der Waals surface area contributed by atoms with Crippen LogP contribution in [-0.4, -0.2) is 20.8 Å². The van der Waals surface area contributed by atoms with Crippen LogP contribution in [0, 0.1) is 50.2 Å². The van der Waals surface area contributed by atoms with Crippen molar-refractivity contribution in [1.29, 1.82) is 0 Å². The molecule has 0 spiro atoms. The summed E-state index contributed by atoms with van der Waals surface area (Å²) in [6, 6.07) is 0. The Kier molecular flexibility index (Phi) is 5.46. The zero-order valence-corrected chi connectivity index (χ0v) is 24.5. The van der Waals surface area contributed by atoms with Crippen molar-refractivity contribution in [2.45, 2.75) is 110 Å². The second kappa shape index (κ2) is 7.34. The molecule has 0 bridgehead atoms. The van der Waals surface area contributed by atoms with Crippen molar-refractivity contribution >= 4 is 34.3 Å². The molecule has 0 saturated heterocycles. The first kappa shape index (κ1) is 25.3. The third-order valence-electron chi connectivity index (χ3n) is 13.0. The van der Waals surface area contributed by atoms with Crippen LogP contribution >= 0.6 is 22.6 Å². The Morgan fingerprint density at radius 1 is 0.941 bits per heavy atom. The van der Waals surface area contributed by atoms with Crippen molar-refractivity contribution < 1.29 is 14.7 Å². The van der Waals surface area contributed by atoms with Crippen molar-refractivity contribution in [3.05, 3.63) is 11.6 Å². The molecule has 0 heterocycles. The van der Waals surface area contributed by atoms with Crippen LogP contribution in [0.3, 0.4) is 0 Å². The minimum atomic E-state index is -0.684. The fraction of sp³-hybridized carbons (Fsp3) is 0.867. The number of ketones is 1. The summed E-state index contributed by atoms with van der Waals surface area (Å²) in [5, 5.41) is 10.1. The van der Waals surface area contributed by atoms with Crippen LogP contribution in [0.25, 0.3) is 0 Å². The zero-order valence-electron chi connectivity index (χ0n) is 22.4. The molecule has 0 aromatic heterocycles. The highest BCUT2D eigenvalue weighted by molar-refractivity contribution is 14.1. The Morgan fingerprint density at radius 3 is 2.24 bits per heavy atom. The number of alkyl halides is 1. The third kappa shape index (κ3) is 2.99. The van der Waals surface area contributed by atoms with E-state index in [1.807, 2.05) is 6.92 Å². The second-order valence-corrected chi connectivity index (χ2v) is 16.4. The molecule has 3 nitrogen and oxygen atoms in total. The van der Waals surface area contributed by atoms with E-state index in [0.717, 1.165) is 38.5 Å². The summed E-state index contributed by atoms with van der Waals surface area (Å²) in [7, 11) is 0. The van der Waals surface area contributed by atoms with E-state index >= 15 is 0 Å². The highest BCUT2D eigenvalue weighted by Gasteiger charge is 2.70. The smallest absolute Gasteiger partial charge is 0.309 e. The van der Waals surface area contributed by atoms with Crippen molar-refractivity contribution in [2.24, 2.45) is 50.2 Å². The molecule has 0 amide bonds. The van der Waals surface area contributed by atoms with Gasteiger partial charge in [0, 0.05) is 9.84 Å². The standard InChI is InChI=1S/C30H45IO3/c1-25(2)21-8-11-30(7)23(28(21,5)10-9-22(25)31)20(32)16-18-19-17-27(4,24(33)34)13-12-26(19,3)14-15-29(18,30)6/h16,19,21-23H,8-15,17H2,1-7H3,(H,33,34)/t19-,21?,22+,23+,26+,27?,28-,29+,30+/m0/s1. The molecule has 5 aliphatic rings. The van der Waals surface area contributed by atoms with Crippen LogP contribution in [0.5, 0.6) is 0 Å². The number of carbonyl (C=O) groups is 2. The van der Waals surface area contributed by atoms with Gasteiger partial charge >= 0.3 is 5.97 Å². The lowest BCUT2D eigenvalue weighted by Gasteiger charge is -2.70. The summed E-state index contributed by atoms with van der Waals surface area (Å²) in [5.41, 5.74) is 0.975. The second-order valence-electron chi connectivity index (χ2n) is 14.9. The van der Waals surface area contributed by atoms with E-state index in [9.17, 15) is 14.7 Å². The summed E-state index contributed by atoms with van der Waals surface area (Å²) in [6.07, 6.45) is 11.4. The summed E-state index contributed by atoms with van der Waals surface area (Å²) in [5.74, 6) is 0.551. The fourth-order valence-corrected chi connectivity index (χ4v) is 11.1. The van der Waals surface area contributed by atoms with Gasteiger partial charge in [-0.05, 0) is 110 Å². The van der Waals surface area contributed by atoms with Gasteiger partial charge < -0.3 is 5.11 Å². The van der Waals surface area contributed by atoms with Gasteiger partial charge in [-0.15, -0.1) is 0 Å². The van der Waals surface area contributed by atoms with Gasteiger partial charge in [0.25, 0.3) is 0 Å². The summed E-state index contributed by atoms with van der Waals surface area (Å²) in [4.78, 5) is 26.5. The SMILES string of the molecule is CC1(C(=O)O)CC[C@]2(C)CC[C@]3(C)C(=CC(=O)[C@@H]4[C@@]5(C)CC[C@@H](I)C(C)(C)C5CC[C@]43C)[C@@H]2C1. The topological polar surface area (TPSA) is 54.4 Å². The lowest BCUT2D eigenvalue weighted by Crippen LogP contribution is -2.66. The summed E-state index contributed by atoms with van der Waals surface area (Å²) >= 11 is 2.67. The molecular formula is C30H45IO3. The van der Waals surface area contributed by atoms with E-state index in [1.165, 1.54) is 18.4 Å². The number of carbonyl (C=O) groups excluding carboxylic acids is 1. The van der Waals surface area contributed by atoms with Gasteiger partial charge in [0.2, 0.25) is 0 Å². The molecule has 4 heteroatoms. The lowest BCUT2D eigenvalue weighted by atomic mass is 9.33. The number of allylic oxidation sites excluding steroid dienone is 2. The van der Waals surface area contributed by atoms with Gasteiger partial charge in [0.05, 0.1) is 5.41 Å². The van der Waals surface area contributed by atoms with E-state index < -0.39 is 11.4 Å². The number of halogens is 1. The predicted molar refractivity (Wildman–Crippen MR) is 145 cm³/mol. The van der Waals surface area contributed by atoms with Crippen LogP contribution in [0.2, 0.25) is 0 Å². The van der Waals surface area contributed by atoms with Crippen LogP contribution in [0.4, 0.5) is 0 Å². The van der Waals surface area contributed by atoms with E-state index in [2.05, 4.69) is 70.2 Å². The van der Waals surface area contributed by atoms with Gasteiger partial charge in [-0.1, -0.05) is 69.7 Å². The van der Waals surface area contributed by atoms with Crippen molar-refractivity contribution in [3.63, 3.8) is 0 Å². The normalized spacial score (nSPS) is 54.1. The van der Waals surface area contributed by atoms with Crippen LogP contribution in [0.15, 0.2) is 11.6 Å². The summed E-state index contributed by atoms with van der Waals surface area (Å²) < 4.78 is 0.666. The molecular weight excluding hydrogens is 535 g/mol. The first-order valence-corrected chi connectivity index (χ1v) is 14.9.